The Labute approximate surface area is 159 Å². The molecule has 0 spiro atoms. The molecule has 0 aliphatic carbocycles. The zero-order valence-corrected chi connectivity index (χ0v) is 16.5. The molecule has 1 aliphatic heterocycles. The Bertz CT molecular complexity index is 959. The molecule has 1 aliphatic rings. The number of rotatable bonds is 4. The van der Waals surface area contributed by atoms with Crippen molar-refractivity contribution in [3.8, 4) is 0 Å². The molecular formula is C19H21ClN2O3S. The summed E-state index contributed by atoms with van der Waals surface area (Å²) in [6, 6.07) is 12.7. The van der Waals surface area contributed by atoms with Gasteiger partial charge < -0.3 is 4.90 Å². The first-order valence-electron chi connectivity index (χ1n) is 8.33. The third kappa shape index (κ3) is 3.44. The van der Waals surface area contributed by atoms with Crippen molar-refractivity contribution in [2.24, 2.45) is 0 Å². The second-order valence-electron chi connectivity index (χ2n) is 6.60. The SMILES string of the molecule is Cc1c(Cl)cccc1N(CC(=O)N1c2ccccc2CC1C)S(C)(=O)=O. The molecule has 1 unspecified atom stereocenters. The molecule has 0 bridgehead atoms. The van der Waals surface area contributed by atoms with Gasteiger partial charge in [-0.25, -0.2) is 8.42 Å². The van der Waals surface area contributed by atoms with Crippen LogP contribution in [0.3, 0.4) is 0 Å². The van der Waals surface area contributed by atoms with E-state index in [-0.39, 0.29) is 18.5 Å². The minimum atomic E-state index is -3.65. The first kappa shape index (κ1) is 18.7. The minimum Gasteiger partial charge on any atom is -0.307 e. The lowest BCUT2D eigenvalue weighted by molar-refractivity contribution is -0.117. The van der Waals surface area contributed by atoms with E-state index in [2.05, 4.69) is 0 Å². The predicted octanol–water partition coefficient (Wildman–Crippen LogP) is 3.39. The maximum Gasteiger partial charge on any atom is 0.248 e. The van der Waals surface area contributed by atoms with E-state index in [1.165, 1.54) is 0 Å². The smallest absolute Gasteiger partial charge is 0.248 e. The second-order valence-corrected chi connectivity index (χ2v) is 8.91. The fourth-order valence-electron chi connectivity index (χ4n) is 3.39. The lowest BCUT2D eigenvalue weighted by atomic mass is 10.1. The lowest BCUT2D eigenvalue weighted by Gasteiger charge is -2.28. The van der Waals surface area contributed by atoms with E-state index in [1.54, 1.807) is 30.0 Å². The van der Waals surface area contributed by atoms with Crippen LogP contribution in [0, 0.1) is 6.92 Å². The van der Waals surface area contributed by atoms with Crippen LogP contribution in [0.4, 0.5) is 11.4 Å². The Kier molecular flexibility index (Phi) is 4.99. The van der Waals surface area contributed by atoms with Crippen molar-refractivity contribution < 1.29 is 13.2 Å². The zero-order valence-electron chi connectivity index (χ0n) is 14.9. The zero-order chi connectivity index (χ0) is 19.1. The van der Waals surface area contributed by atoms with Crippen molar-refractivity contribution in [3.63, 3.8) is 0 Å². The van der Waals surface area contributed by atoms with Gasteiger partial charge in [-0.05, 0) is 49.6 Å². The van der Waals surface area contributed by atoms with Crippen molar-refractivity contribution in [1.29, 1.82) is 0 Å². The van der Waals surface area contributed by atoms with Crippen LogP contribution in [0.2, 0.25) is 5.02 Å². The van der Waals surface area contributed by atoms with Gasteiger partial charge in [0.1, 0.15) is 6.54 Å². The predicted molar refractivity (Wildman–Crippen MR) is 105 cm³/mol. The largest absolute Gasteiger partial charge is 0.307 e. The third-order valence-electron chi connectivity index (χ3n) is 4.66. The van der Waals surface area contributed by atoms with Crippen LogP contribution in [0.15, 0.2) is 42.5 Å². The molecule has 7 heteroatoms. The molecule has 0 N–H and O–H groups in total. The highest BCUT2D eigenvalue weighted by molar-refractivity contribution is 7.92. The molecular weight excluding hydrogens is 372 g/mol. The molecule has 3 rings (SSSR count). The average Bonchev–Trinajstić information content (AvgIpc) is 2.90. The third-order valence-corrected chi connectivity index (χ3v) is 6.20. The van der Waals surface area contributed by atoms with E-state index >= 15 is 0 Å². The highest BCUT2D eigenvalue weighted by Crippen LogP contribution is 2.33. The molecule has 1 amide bonds. The summed E-state index contributed by atoms with van der Waals surface area (Å²) < 4.78 is 25.9. The van der Waals surface area contributed by atoms with Crippen LogP contribution in [0.1, 0.15) is 18.1 Å². The Hall–Kier alpha value is -2.05. The van der Waals surface area contributed by atoms with Crippen molar-refractivity contribution >= 4 is 38.9 Å². The summed E-state index contributed by atoms with van der Waals surface area (Å²) in [5.74, 6) is -0.257. The number of nitrogens with zero attached hydrogens (tertiary/aromatic N) is 2. The van der Waals surface area contributed by atoms with Gasteiger partial charge in [-0.1, -0.05) is 35.9 Å². The highest BCUT2D eigenvalue weighted by atomic mass is 35.5. The first-order valence-corrected chi connectivity index (χ1v) is 10.6. The lowest BCUT2D eigenvalue weighted by Crippen LogP contribution is -2.45. The van der Waals surface area contributed by atoms with Crippen LogP contribution < -0.4 is 9.21 Å². The van der Waals surface area contributed by atoms with Crippen molar-refractivity contribution in [3.05, 3.63) is 58.6 Å². The number of hydrogen-bond donors (Lipinski definition) is 0. The molecule has 2 aromatic rings. The van der Waals surface area contributed by atoms with Crippen LogP contribution >= 0.6 is 11.6 Å². The number of amides is 1. The van der Waals surface area contributed by atoms with Gasteiger partial charge in [0.25, 0.3) is 0 Å². The van der Waals surface area contributed by atoms with Crippen LogP contribution in [-0.4, -0.2) is 33.2 Å². The first-order chi connectivity index (χ1) is 12.2. The Balaban J connectivity index is 1.96. The molecule has 2 aromatic carbocycles. The number of carbonyl (C=O) groups excluding carboxylic acids is 1. The van der Waals surface area contributed by atoms with Crippen molar-refractivity contribution in [2.45, 2.75) is 26.3 Å². The molecule has 5 nitrogen and oxygen atoms in total. The monoisotopic (exact) mass is 392 g/mol. The molecule has 26 heavy (non-hydrogen) atoms. The number of benzene rings is 2. The van der Waals surface area contributed by atoms with Gasteiger partial charge in [0.2, 0.25) is 15.9 Å². The summed E-state index contributed by atoms with van der Waals surface area (Å²) in [7, 11) is -3.65. The Morgan fingerprint density at radius 1 is 1.23 bits per heavy atom. The summed E-state index contributed by atoms with van der Waals surface area (Å²) in [6.07, 6.45) is 1.86. The maximum atomic E-state index is 13.0. The fourth-order valence-corrected chi connectivity index (χ4v) is 4.46. The van der Waals surface area contributed by atoms with E-state index in [4.69, 9.17) is 11.6 Å². The van der Waals surface area contributed by atoms with Crippen molar-refractivity contribution in [1.82, 2.24) is 0 Å². The quantitative estimate of drug-likeness (QED) is 0.801. The van der Waals surface area contributed by atoms with Crippen LogP contribution in [0.25, 0.3) is 0 Å². The molecule has 0 saturated carbocycles. The van der Waals surface area contributed by atoms with Gasteiger partial charge in [-0.15, -0.1) is 0 Å². The second kappa shape index (κ2) is 6.93. The van der Waals surface area contributed by atoms with Crippen molar-refractivity contribution in [2.75, 3.05) is 22.0 Å². The topological polar surface area (TPSA) is 57.7 Å². The number of para-hydroxylation sites is 1. The number of carbonyl (C=O) groups is 1. The van der Waals surface area contributed by atoms with Crippen LogP contribution in [0.5, 0.6) is 0 Å². The summed E-state index contributed by atoms with van der Waals surface area (Å²) in [4.78, 5) is 14.7. The number of hydrogen-bond acceptors (Lipinski definition) is 3. The van der Waals surface area contributed by atoms with Gasteiger partial charge in [0.15, 0.2) is 0 Å². The number of sulfonamides is 1. The molecule has 0 saturated heterocycles. The number of fused-ring (bicyclic) bond motifs is 1. The van der Waals surface area contributed by atoms with E-state index in [9.17, 15) is 13.2 Å². The Morgan fingerprint density at radius 2 is 1.92 bits per heavy atom. The average molecular weight is 393 g/mol. The number of anilines is 2. The van der Waals surface area contributed by atoms with E-state index < -0.39 is 10.0 Å². The molecule has 0 radical (unpaired) electrons. The highest BCUT2D eigenvalue weighted by Gasteiger charge is 2.33. The molecule has 1 heterocycles. The van der Waals surface area contributed by atoms with Crippen LogP contribution in [-0.2, 0) is 21.2 Å². The minimum absolute atomic E-state index is 0.0123. The molecule has 138 valence electrons. The molecule has 1 atom stereocenters. The summed E-state index contributed by atoms with van der Waals surface area (Å²) >= 11 is 6.14. The van der Waals surface area contributed by atoms with Gasteiger partial charge in [0.05, 0.1) is 11.9 Å². The maximum absolute atomic E-state index is 13.0. The summed E-state index contributed by atoms with van der Waals surface area (Å²) in [6.45, 7) is 3.44. The molecule has 0 fully saturated rings. The van der Waals surface area contributed by atoms with E-state index in [0.29, 0.717) is 16.3 Å². The molecule has 0 aromatic heterocycles. The number of halogens is 1. The van der Waals surface area contributed by atoms with Gasteiger partial charge in [-0.2, -0.15) is 0 Å². The van der Waals surface area contributed by atoms with Gasteiger partial charge in [-0.3, -0.25) is 9.10 Å². The summed E-state index contributed by atoms with van der Waals surface area (Å²) in [5, 5.41) is 0.462. The van der Waals surface area contributed by atoms with Gasteiger partial charge in [0, 0.05) is 16.8 Å². The van der Waals surface area contributed by atoms with Gasteiger partial charge >= 0.3 is 0 Å². The Morgan fingerprint density at radius 3 is 2.62 bits per heavy atom. The van der Waals surface area contributed by atoms with E-state index in [0.717, 1.165) is 28.2 Å². The normalized spacial score (nSPS) is 16.5. The van der Waals surface area contributed by atoms with E-state index in [1.807, 2.05) is 31.2 Å². The standard InChI is InChI=1S/C19H21ClN2O3S/c1-13-11-15-7-4-5-9-18(15)22(13)19(23)12-21(26(3,24)25)17-10-6-8-16(20)14(17)2/h4-10,13H,11-12H2,1-3H3. The fraction of sp³-hybridized carbons (Fsp3) is 0.316. The summed E-state index contributed by atoms with van der Waals surface area (Å²) in [5.41, 5.74) is 3.00.